The SMILES string of the molecule is COC(=O)c1ccc(N(C)Cc2cc(Br)cs2)nn1. The van der Waals surface area contributed by atoms with Crippen LogP contribution in [0.1, 0.15) is 15.4 Å². The van der Waals surface area contributed by atoms with E-state index in [1.807, 2.05) is 17.3 Å². The molecule has 0 N–H and O–H groups in total. The van der Waals surface area contributed by atoms with Crippen LogP contribution in [0.25, 0.3) is 0 Å². The van der Waals surface area contributed by atoms with Crippen LogP contribution in [-0.4, -0.2) is 30.3 Å². The van der Waals surface area contributed by atoms with E-state index in [0.717, 1.165) is 11.0 Å². The number of halogens is 1. The Morgan fingerprint density at radius 2 is 2.26 bits per heavy atom. The normalized spacial score (nSPS) is 10.3. The molecule has 0 atom stereocenters. The molecule has 0 saturated carbocycles. The van der Waals surface area contributed by atoms with Crippen molar-refractivity contribution in [2.45, 2.75) is 6.54 Å². The number of methoxy groups -OCH3 is 1. The smallest absolute Gasteiger partial charge is 0.358 e. The average Bonchev–Trinajstić information content (AvgIpc) is 2.83. The van der Waals surface area contributed by atoms with E-state index in [0.29, 0.717) is 5.82 Å². The van der Waals surface area contributed by atoms with Gasteiger partial charge in [0, 0.05) is 21.8 Å². The highest BCUT2D eigenvalue weighted by molar-refractivity contribution is 9.10. The largest absolute Gasteiger partial charge is 0.464 e. The van der Waals surface area contributed by atoms with Gasteiger partial charge in [0.15, 0.2) is 11.5 Å². The Morgan fingerprint density at radius 1 is 1.47 bits per heavy atom. The highest BCUT2D eigenvalue weighted by Gasteiger charge is 2.10. The number of esters is 1. The van der Waals surface area contributed by atoms with Crippen LogP contribution < -0.4 is 4.90 Å². The molecule has 0 fully saturated rings. The van der Waals surface area contributed by atoms with Crippen molar-refractivity contribution >= 4 is 39.1 Å². The van der Waals surface area contributed by atoms with Gasteiger partial charge in [-0.25, -0.2) is 4.79 Å². The molecule has 5 nitrogen and oxygen atoms in total. The monoisotopic (exact) mass is 341 g/mol. The third kappa shape index (κ3) is 3.51. The number of aromatic nitrogens is 2. The molecule has 0 unspecified atom stereocenters. The summed E-state index contributed by atoms with van der Waals surface area (Å²) >= 11 is 5.10. The molecule has 0 radical (unpaired) electrons. The lowest BCUT2D eigenvalue weighted by molar-refractivity contribution is 0.0592. The first-order chi connectivity index (χ1) is 9.10. The van der Waals surface area contributed by atoms with E-state index in [1.54, 1.807) is 23.5 Å². The maximum absolute atomic E-state index is 11.2. The molecule has 7 heteroatoms. The number of ether oxygens (including phenoxy) is 1. The summed E-state index contributed by atoms with van der Waals surface area (Å²) in [4.78, 5) is 14.4. The van der Waals surface area contributed by atoms with E-state index in [-0.39, 0.29) is 5.69 Å². The fourth-order valence-corrected chi connectivity index (χ4v) is 3.00. The van der Waals surface area contributed by atoms with Crippen LogP contribution >= 0.6 is 27.3 Å². The highest BCUT2D eigenvalue weighted by atomic mass is 79.9. The zero-order valence-electron chi connectivity index (χ0n) is 10.5. The Bertz CT molecular complexity index is 571. The van der Waals surface area contributed by atoms with Gasteiger partial charge in [-0.05, 0) is 34.1 Å². The topological polar surface area (TPSA) is 55.3 Å². The molecule has 0 aliphatic carbocycles. The van der Waals surface area contributed by atoms with Crippen LogP contribution in [0.15, 0.2) is 28.1 Å². The first-order valence-electron chi connectivity index (χ1n) is 5.46. The number of rotatable bonds is 4. The minimum Gasteiger partial charge on any atom is -0.464 e. The molecule has 19 heavy (non-hydrogen) atoms. The molecular formula is C12H12BrN3O2S. The second-order valence-electron chi connectivity index (χ2n) is 3.86. The summed E-state index contributed by atoms with van der Waals surface area (Å²) in [7, 11) is 3.24. The predicted molar refractivity (Wildman–Crippen MR) is 77.5 cm³/mol. The van der Waals surface area contributed by atoms with Crippen LogP contribution in [-0.2, 0) is 11.3 Å². The number of thiophene rings is 1. The zero-order chi connectivity index (χ0) is 13.8. The summed E-state index contributed by atoms with van der Waals surface area (Å²) in [5.74, 6) is 0.223. The van der Waals surface area contributed by atoms with Crippen molar-refractivity contribution in [1.82, 2.24) is 10.2 Å². The Kier molecular flexibility index (Phi) is 4.49. The summed E-state index contributed by atoms with van der Waals surface area (Å²) in [6, 6.07) is 5.42. The molecule has 0 saturated heterocycles. The van der Waals surface area contributed by atoms with Crippen LogP contribution in [0, 0.1) is 0 Å². The Hall–Kier alpha value is -1.47. The van der Waals surface area contributed by atoms with Crippen molar-refractivity contribution in [1.29, 1.82) is 0 Å². The van der Waals surface area contributed by atoms with E-state index in [2.05, 4.69) is 36.9 Å². The van der Waals surface area contributed by atoms with E-state index < -0.39 is 5.97 Å². The van der Waals surface area contributed by atoms with E-state index in [4.69, 9.17) is 0 Å². The van der Waals surface area contributed by atoms with Crippen LogP contribution in [0.4, 0.5) is 5.82 Å². The molecule has 0 bridgehead atoms. The van der Waals surface area contributed by atoms with Gasteiger partial charge in [-0.2, -0.15) is 0 Å². The number of nitrogens with zero attached hydrogens (tertiary/aromatic N) is 3. The number of hydrogen-bond acceptors (Lipinski definition) is 6. The minimum absolute atomic E-state index is 0.207. The molecule has 2 aromatic rings. The summed E-state index contributed by atoms with van der Waals surface area (Å²) in [5.41, 5.74) is 0.207. The van der Waals surface area contributed by atoms with E-state index in [9.17, 15) is 4.79 Å². The lowest BCUT2D eigenvalue weighted by Gasteiger charge is -2.16. The maximum Gasteiger partial charge on any atom is 0.358 e. The minimum atomic E-state index is -0.483. The van der Waals surface area contributed by atoms with Gasteiger partial charge in [0.1, 0.15) is 0 Å². The Balaban J connectivity index is 2.07. The van der Waals surface area contributed by atoms with Gasteiger partial charge in [-0.1, -0.05) is 0 Å². The van der Waals surface area contributed by atoms with Gasteiger partial charge < -0.3 is 9.64 Å². The van der Waals surface area contributed by atoms with Crippen LogP contribution in [0.3, 0.4) is 0 Å². The molecule has 0 aliphatic rings. The summed E-state index contributed by atoms with van der Waals surface area (Å²) in [6.07, 6.45) is 0. The standard InChI is InChI=1S/C12H12BrN3O2S/c1-16(6-9-5-8(13)7-19-9)11-4-3-10(14-15-11)12(17)18-2/h3-5,7H,6H2,1-2H3. The fourth-order valence-electron chi connectivity index (χ4n) is 1.49. The molecule has 0 aliphatic heterocycles. The average molecular weight is 342 g/mol. The number of hydrogen-bond donors (Lipinski definition) is 0. The van der Waals surface area contributed by atoms with Crippen LogP contribution in [0.2, 0.25) is 0 Å². The Morgan fingerprint density at radius 3 is 2.79 bits per heavy atom. The highest BCUT2D eigenvalue weighted by Crippen LogP contribution is 2.22. The van der Waals surface area contributed by atoms with Crippen molar-refractivity contribution in [3.63, 3.8) is 0 Å². The lowest BCUT2D eigenvalue weighted by Crippen LogP contribution is -2.18. The van der Waals surface area contributed by atoms with Crippen molar-refractivity contribution in [2.24, 2.45) is 0 Å². The molecule has 2 rings (SSSR count). The van der Waals surface area contributed by atoms with Crippen molar-refractivity contribution < 1.29 is 9.53 Å². The molecule has 0 amide bonds. The number of carbonyl (C=O) groups excluding carboxylic acids is 1. The number of anilines is 1. The van der Waals surface area contributed by atoms with Gasteiger partial charge in [0.25, 0.3) is 0 Å². The second-order valence-corrected chi connectivity index (χ2v) is 5.77. The molecular weight excluding hydrogens is 330 g/mol. The van der Waals surface area contributed by atoms with E-state index >= 15 is 0 Å². The molecule has 0 spiro atoms. The van der Waals surface area contributed by atoms with Gasteiger partial charge in [-0.3, -0.25) is 0 Å². The third-order valence-corrected chi connectivity index (χ3v) is 4.13. The molecule has 0 aromatic carbocycles. The third-order valence-electron chi connectivity index (χ3n) is 2.45. The van der Waals surface area contributed by atoms with Gasteiger partial charge in [0.2, 0.25) is 0 Å². The van der Waals surface area contributed by atoms with Crippen molar-refractivity contribution in [2.75, 3.05) is 19.1 Å². The van der Waals surface area contributed by atoms with Crippen molar-refractivity contribution in [3.8, 4) is 0 Å². The number of carbonyl (C=O) groups is 1. The van der Waals surface area contributed by atoms with Crippen molar-refractivity contribution in [3.05, 3.63) is 38.6 Å². The van der Waals surface area contributed by atoms with E-state index in [1.165, 1.54) is 12.0 Å². The molecule has 100 valence electrons. The van der Waals surface area contributed by atoms with Gasteiger partial charge in [-0.15, -0.1) is 21.5 Å². The first-order valence-corrected chi connectivity index (χ1v) is 7.13. The maximum atomic E-state index is 11.2. The van der Waals surface area contributed by atoms with Gasteiger partial charge >= 0.3 is 5.97 Å². The summed E-state index contributed by atoms with van der Waals surface area (Å²) in [6.45, 7) is 0.739. The lowest BCUT2D eigenvalue weighted by atomic mass is 10.3. The van der Waals surface area contributed by atoms with Gasteiger partial charge in [0.05, 0.1) is 13.7 Å². The quantitative estimate of drug-likeness (QED) is 0.800. The van der Waals surface area contributed by atoms with Crippen LogP contribution in [0.5, 0.6) is 0 Å². The second kappa shape index (κ2) is 6.12. The first kappa shape index (κ1) is 14.0. The zero-order valence-corrected chi connectivity index (χ0v) is 12.9. The Labute approximate surface area is 123 Å². The molecule has 2 heterocycles. The predicted octanol–water partition coefficient (Wildman–Crippen LogP) is 2.72. The fraction of sp³-hybridized carbons (Fsp3) is 0.250. The summed E-state index contributed by atoms with van der Waals surface area (Å²) < 4.78 is 5.65. The summed E-state index contributed by atoms with van der Waals surface area (Å²) in [5, 5.41) is 9.90. The molecule has 2 aromatic heterocycles.